The van der Waals surface area contributed by atoms with Gasteiger partial charge >= 0.3 is 6.03 Å². The molecule has 0 atom stereocenters. The zero-order valence-corrected chi connectivity index (χ0v) is 10.5. The lowest BCUT2D eigenvalue weighted by atomic mass is 10.1. The third-order valence-electron chi connectivity index (χ3n) is 3.00. The summed E-state index contributed by atoms with van der Waals surface area (Å²) in [6.07, 6.45) is 3.10. The first-order valence-electron chi connectivity index (χ1n) is 6.03. The minimum Gasteiger partial charge on any atom is -0.338 e. The summed E-state index contributed by atoms with van der Waals surface area (Å²) < 4.78 is 0. The fourth-order valence-electron chi connectivity index (χ4n) is 2.00. The fraction of sp³-hybridized carbons (Fsp3) is 0.462. The molecular formula is C13H17ClN2O. The van der Waals surface area contributed by atoms with Gasteiger partial charge in [0, 0.05) is 24.7 Å². The molecule has 1 N–H and O–H groups in total. The summed E-state index contributed by atoms with van der Waals surface area (Å²) in [7, 11) is 0. The van der Waals surface area contributed by atoms with Crippen molar-refractivity contribution in [2.45, 2.75) is 19.3 Å². The van der Waals surface area contributed by atoms with Crippen molar-refractivity contribution in [2.24, 2.45) is 0 Å². The van der Waals surface area contributed by atoms with Crippen molar-refractivity contribution in [2.75, 3.05) is 19.6 Å². The SMILES string of the molecule is O=C(NCCc1ccc(Cl)cc1)N1CCCC1. The second-order valence-electron chi connectivity index (χ2n) is 4.30. The molecule has 0 spiro atoms. The van der Waals surface area contributed by atoms with Gasteiger partial charge in [0.25, 0.3) is 0 Å². The monoisotopic (exact) mass is 252 g/mol. The van der Waals surface area contributed by atoms with Crippen LogP contribution in [-0.2, 0) is 6.42 Å². The van der Waals surface area contributed by atoms with Crippen molar-refractivity contribution >= 4 is 17.6 Å². The molecule has 1 aromatic rings. The van der Waals surface area contributed by atoms with Gasteiger partial charge in [0.2, 0.25) is 0 Å². The van der Waals surface area contributed by atoms with E-state index in [2.05, 4.69) is 5.32 Å². The van der Waals surface area contributed by atoms with Crippen molar-refractivity contribution < 1.29 is 4.79 Å². The second-order valence-corrected chi connectivity index (χ2v) is 4.74. The molecule has 0 radical (unpaired) electrons. The molecule has 0 aliphatic carbocycles. The van der Waals surface area contributed by atoms with Gasteiger partial charge in [-0.25, -0.2) is 4.79 Å². The van der Waals surface area contributed by atoms with E-state index in [9.17, 15) is 4.79 Å². The molecule has 1 saturated heterocycles. The molecule has 1 aromatic carbocycles. The molecule has 0 aromatic heterocycles. The molecule has 2 rings (SSSR count). The standard InChI is InChI=1S/C13H17ClN2O/c14-12-5-3-11(4-6-12)7-8-15-13(17)16-9-1-2-10-16/h3-6H,1-2,7-10H2,(H,15,17). The van der Waals surface area contributed by atoms with Crippen molar-refractivity contribution in [1.82, 2.24) is 10.2 Å². The minimum absolute atomic E-state index is 0.0662. The predicted molar refractivity (Wildman–Crippen MR) is 69.4 cm³/mol. The summed E-state index contributed by atoms with van der Waals surface area (Å²) in [5.41, 5.74) is 1.19. The fourth-order valence-corrected chi connectivity index (χ4v) is 2.12. The van der Waals surface area contributed by atoms with Gasteiger partial charge in [-0.3, -0.25) is 0 Å². The van der Waals surface area contributed by atoms with Crippen LogP contribution in [0.3, 0.4) is 0 Å². The normalized spacial score (nSPS) is 15.0. The largest absolute Gasteiger partial charge is 0.338 e. The van der Waals surface area contributed by atoms with E-state index in [1.54, 1.807) is 0 Å². The summed E-state index contributed by atoms with van der Waals surface area (Å²) in [5.74, 6) is 0. The van der Waals surface area contributed by atoms with Gasteiger partial charge in [-0.15, -0.1) is 0 Å². The lowest BCUT2D eigenvalue weighted by molar-refractivity contribution is 0.209. The number of hydrogen-bond donors (Lipinski definition) is 1. The Morgan fingerprint density at radius 1 is 1.24 bits per heavy atom. The Balaban J connectivity index is 1.72. The van der Waals surface area contributed by atoms with Crippen molar-refractivity contribution in [1.29, 1.82) is 0 Å². The molecule has 1 heterocycles. The molecule has 0 bridgehead atoms. The Morgan fingerprint density at radius 2 is 1.88 bits per heavy atom. The zero-order valence-electron chi connectivity index (χ0n) is 9.79. The third kappa shape index (κ3) is 3.63. The predicted octanol–water partition coefficient (Wildman–Crippen LogP) is 2.69. The Morgan fingerprint density at radius 3 is 2.53 bits per heavy atom. The van der Waals surface area contributed by atoms with Crippen LogP contribution in [0.25, 0.3) is 0 Å². The van der Waals surface area contributed by atoms with Crippen LogP contribution in [0, 0.1) is 0 Å². The van der Waals surface area contributed by atoms with Crippen LogP contribution in [0.15, 0.2) is 24.3 Å². The molecule has 1 aliphatic heterocycles. The maximum absolute atomic E-state index is 11.7. The summed E-state index contributed by atoms with van der Waals surface area (Å²) in [4.78, 5) is 13.6. The van der Waals surface area contributed by atoms with E-state index in [0.717, 1.165) is 37.4 Å². The number of carbonyl (C=O) groups is 1. The second kappa shape index (κ2) is 5.92. The van der Waals surface area contributed by atoms with Crippen LogP contribution in [0.5, 0.6) is 0 Å². The van der Waals surface area contributed by atoms with Crippen LogP contribution in [-0.4, -0.2) is 30.6 Å². The highest BCUT2D eigenvalue weighted by atomic mass is 35.5. The van der Waals surface area contributed by atoms with E-state index < -0.39 is 0 Å². The smallest absolute Gasteiger partial charge is 0.317 e. The Bertz CT molecular complexity index is 372. The van der Waals surface area contributed by atoms with Crippen LogP contribution >= 0.6 is 11.6 Å². The van der Waals surface area contributed by atoms with Gasteiger partial charge in [-0.2, -0.15) is 0 Å². The molecule has 4 heteroatoms. The van der Waals surface area contributed by atoms with Gasteiger partial charge in [0.05, 0.1) is 0 Å². The van der Waals surface area contributed by atoms with Crippen molar-refractivity contribution in [3.05, 3.63) is 34.9 Å². The lowest BCUT2D eigenvalue weighted by Crippen LogP contribution is -2.38. The minimum atomic E-state index is 0.0662. The van der Waals surface area contributed by atoms with E-state index in [4.69, 9.17) is 11.6 Å². The van der Waals surface area contributed by atoms with E-state index >= 15 is 0 Å². The molecule has 3 nitrogen and oxygen atoms in total. The van der Waals surface area contributed by atoms with Gasteiger partial charge in [0.15, 0.2) is 0 Å². The quantitative estimate of drug-likeness (QED) is 0.882. The third-order valence-corrected chi connectivity index (χ3v) is 3.25. The molecule has 1 aliphatic rings. The van der Waals surface area contributed by atoms with Crippen LogP contribution in [0.1, 0.15) is 18.4 Å². The first-order chi connectivity index (χ1) is 8.25. The van der Waals surface area contributed by atoms with Gasteiger partial charge in [-0.1, -0.05) is 23.7 Å². The van der Waals surface area contributed by atoms with Crippen molar-refractivity contribution in [3.63, 3.8) is 0 Å². The number of hydrogen-bond acceptors (Lipinski definition) is 1. The van der Waals surface area contributed by atoms with Crippen LogP contribution in [0.2, 0.25) is 5.02 Å². The number of rotatable bonds is 3. The number of carbonyl (C=O) groups excluding carboxylic acids is 1. The molecular weight excluding hydrogens is 236 g/mol. The van der Waals surface area contributed by atoms with Crippen molar-refractivity contribution in [3.8, 4) is 0 Å². The number of nitrogens with zero attached hydrogens (tertiary/aromatic N) is 1. The lowest BCUT2D eigenvalue weighted by Gasteiger charge is -2.16. The number of benzene rings is 1. The van der Waals surface area contributed by atoms with E-state index in [1.807, 2.05) is 29.2 Å². The van der Waals surface area contributed by atoms with Gasteiger partial charge in [-0.05, 0) is 37.0 Å². The number of halogens is 1. The number of likely N-dealkylation sites (tertiary alicyclic amines) is 1. The van der Waals surface area contributed by atoms with Crippen LogP contribution < -0.4 is 5.32 Å². The first-order valence-corrected chi connectivity index (χ1v) is 6.41. The van der Waals surface area contributed by atoms with Gasteiger partial charge < -0.3 is 10.2 Å². The van der Waals surface area contributed by atoms with E-state index in [0.29, 0.717) is 6.54 Å². The Labute approximate surface area is 107 Å². The number of nitrogens with one attached hydrogen (secondary N) is 1. The molecule has 0 saturated carbocycles. The number of urea groups is 1. The summed E-state index contributed by atoms with van der Waals surface area (Å²) >= 11 is 5.81. The topological polar surface area (TPSA) is 32.3 Å². The first kappa shape index (κ1) is 12.2. The maximum Gasteiger partial charge on any atom is 0.317 e. The summed E-state index contributed by atoms with van der Waals surface area (Å²) in [6.45, 7) is 2.47. The highest BCUT2D eigenvalue weighted by Crippen LogP contribution is 2.10. The van der Waals surface area contributed by atoms with E-state index in [1.165, 1.54) is 5.56 Å². The number of amides is 2. The molecule has 1 fully saturated rings. The highest BCUT2D eigenvalue weighted by molar-refractivity contribution is 6.30. The molecule has 92 valence electrons. The molecule has 0 unspecified atom stereocenters. The zero-order chi connectivity index (χ0) is 12.1. The van der Waals surface area contributed by atoms with E-state index in [-0.39, 0.29) is 6.03 Å². The molecule has 17 heavy (non-hydrogen) atoms. The Hall–Kier alpha value is -1.22. The molecule has 2 amide bonds. The maximum atomic E-state index is 11.7. The summed E-state index contributed by atoms with van der Waals surface area (Å²) in [6, 6.07) is 7.80. The average molecular weight is 253 g/mol. The summed E-state index contributed by atoms with van der Waals surface area (Å²) in [5, 5.41) is 3.69. The van der Waals surface area contributed by atoms with Gasteiger partial charge in [0.1, 0.15) is 0 Å². The Kier molecular flexibility index (Phi) is 4.26. The highest BCUT2D eigenvalue weighted by Gasteiger charge is 2.16. The average Bonchev–Trinajstić information content (AvgIpc) is 2.85. The van der Waals surface area contributed by atoms with Crippen LogP contribution in [0.4, 0.5) is 4.79 Å².